The number of carbonyl (C=O) groups excluding carboxylic acids is 1. The zero-order valence-electron chi connectivity index (χ0n) is 18.8. The van der Waals surface area contributed by atoms with Crippen LogP contribution in [0.15, 0.2) is 59.5 Å². The quantitative estimate of drug-likeness (QED) is 0.548. The second kappa shape index (κ2) is 8.71. The van der Waals surface area contributed by atoms with E-state index >= 15 is 0 Å². The molecule has 0 amide bonds. The van der Waals surface area contributed by atoms with E-state index in [2.05, 4.69) is 4.72 Å². The summed E-state index contributed by atoms with van der Waals surface area (Å²) in [4.78, 5) is 13.3. The van der Waals surface area contributed by atoms with Crippen molar-refractivity contribution in [3.63, 3.8) is 0 Å². The van der Waals surface area contributed by atoms with Gasteiger partial charge in [0, 0.05) is 17.0 Å². The summed E-state index contributed by atoms with van der Waals surface area (Å²) in [5.74, 6) is 0. The lowest BCUT2D eigenvalue weighted by atomic mass is 9.96. The summed E-state index contributed by atoms with van der Waals surface area (Å²) in [7, 11) is -3.77. The maximum atomic E-state index is 13.4. The fraction of sp³-hybridized carbons (Fsp3) is 0.400. The van der Waals surface area contributed by atoms with Crippen LogP contribution in [-0.2, 0) is 14.8 Å². The van der Waals surface area contributed by atoms with Crippen molar-refractivity contribution in [3.8, 4) is 11.3 Å². The normalized spacial score (nSPS) is 15.7. The highest BCUT2D eigenvalue weighted by Crippen LogP contribution is 2.34. The topological polar surface area (TPSA) is 77.4 Å². The summed E-state index contributed by atoms with van der Waals surface area (Å²) in [6.45, 7) is 5.42. The summed E-state index contributed by atoms with van der Waals surface area (Å²) in [5, 5.41) is 0.834. The second-order valence-corrected chi connectivity index (χ2v) is 11.0. The number of benzene rings is 2. The molecule has 1 saturated carbocycles. The minimum Gasteiger partial charge on any atom is -0.443 e. The number of fused-ring (bicyclic) bond motifs is 1. The Morgan fingerprint density at radius 1 is 1.00 bits per heavy atom. The summed E-state index contributed by atoms with van der Waals surface area (Å²) >= 11 is 0. The minimum absolute atomic E-state index is 0.0569. The van der Waals surface area contributed by atoms with Gasteiger partial charge in [0.15, 0.2) is 0 Å². The number of nitrogens with zero attached hydrogens (tertiary/aromatic N) is 1. The monoisotopic (exact) mass is 454 g/mol. The number of aromatic nitrogens is 1. The highest BCUT2D eigenvalue weighted by Gasteiger charge is 2.28. The van der Waals surface area contributed by atoms with Crippen molar-refractivity contribution in [1.82, 2.24) is 9.29 Å². The van der Waals surface area contributed by atoms with Gasteiger partial charge in [0.25, 0.3) is 0 Å². The van der Waals surface area contributed by atoms with Crippen molar-refractivity contribution in [3.05, 3.63) is 54.6 Å². The number of para-hydroxylation sites is 1. The zero-order valence-corrected chi connectivity index (χ0v) is 19.6. The minimum atomic E-state index is -3.77. The third-order valence-corrected chi connectivity index (χ3v) is 7.25. The average Bonchev–Trinajstić information content (AvgIpc) is 3.13. The molecule has 0 atom stereocenters. The Labute approximate surface area is 189 Å². The van der Waals surface area contributed by atoms with Gasteiger partial charge in [0.05, 0.1) is 16.1 Å². The molecule has 1 aliphatic rings. The lowest BCUT2D eigenvalue weighted by molar-refractivity contribution is 0.0547. The molecule has 0 unspecified atom stereocenters. The molecular formula is C25H30N2O4S. The molecule has 6 nitrogen and oxygen atoms in total. The van der Waals surface area contributed by atoms with Gasteiger partial charge in [0.2, 0.25) is 10.0 Å². The van der Waals surface area contributed by atoms with Gasteiger partial charge >= 0.3 is 6.09 Å². The molecule has 0 aliphatic heterocycles. The van der Waals surface area contributed by atoms with Gasteiger partial charge in [-0.2, -0.15) is 0 Å². The zero-order chi connectivity index (χ0) is 22.9. The molecule has 1 heterocycles. The molecule has 0 radical (unpaired) electrons. The van der Waals surface area contributed by atoms with Crippen molar-refractivity contribution in [2.45, 2.75) is 69.4 Å². The maximum absolute atomic E-state index is 13.4. The first kappa shape index (κ1) is 22.6. The van der Waals surface area contributed by atoms with E-state index in [0.29, 0.717) is 16.8 Å². The Morgan fingerprint density at radius 2 is 1.66 bits per heavy atom. The maximum Gasteiger partial charge on any atom is 0.419 e. The van der Waals surface area contributed by atoms with E-state index in [4.69, 9.17) is 4.74 Å². The SMILES string of the molecule is CC(C)(C)OC(=O)n1c(-c2ccccc2S(=O)(=O)NC2CCCCC2)cc2ccccc21. The standard InChI is InChI=1S/C25H30N2O4S/c1-25(2,3)31-24(28)27-21-15-9-7-11-18(21)17-22(27)20-14-8-10-16-23(20)32(29,30)26-19-12-5-4-6-13-19/h7-11,14-17,19,26H,4-6,12-13H2,1-3H3. The molecule has 1 N–H and O–H groups in total. The fourth-order valence-corrected chi connectivity index (χ4v) is 5.79. The summed E-state index contributed by atoms with van der Waals surface area (Å²) in [6.07, 6.45) is 4.36. The number of nitrogens with one attached hydrogen (secondary N) is 1. The van der Waals surface area contributed by atoms with Gasteiger partial charge in [0.1, 0.15) is 5.60 Å². The molecule has 1 fully saturated rings. The first-order valence-corrected chi connectivity index (χ1v) is 12.6. The fourth-order valence-electron chi connectivity index (χ4n) is 4.27. The molecule has 32 heavy (non-hydrogen) atoms. The van der Waals surface area contributed by atoms with Gasteiger partial charge < -0.3 is 4.74 Å². The Morgan fingerprint density at radius 3 is 2.38 bits per heavy atom. The highest BCUT2D eigenvalue weighted by atomic mass is 32.2. The van der Waals surface area contributed by atoms with Gasteiger partial charge in [-0.1, -0.05) is 55.7 Å². The van der Waals surface area contributed by atoms with Gasteiger partial charge in [-0.05, 0) is 51.8 Å². The van der Waals surface area contributed by atoms with E-state index in [0.717, 1.165) is 37.5 Å². The van der Waals surface area contributed by atoms with Crippen LogP contribution < -0.4 is 4.72 Å². The van der Waals surface area contributed by atoms with Crippen LogP contribution in [0, 0.1) is 0 Å². The van der Waals surface area contributed by atoms with E-state index in [1.54, 1.807) is 24.3 Å². The van der Waals surface area contributed by atoms with E-state index in [1.165, 1.54) is 4.57 Å². The number of carbonyl (C=O) groups is 1. The predicted octanol–water partition coefficient (Wildman–Crippen LogP) is 5.70. The first-order valence-electron chi connectivity index (χ1n) is 11.1. The van der Waals surface area contributed by atoms with E-state index in [-0.39, 0.29) is 10.9 Å². The molecule has 170 valence electrons. The third kappa shape index (κ3) is 4.74. The molecular weight excluding hydrogens is 424 g/mol. The highest BCUT2D eigenvalue weighted by molar-refractivity contribution is 7.89. The molecule has 1 aliphatic carbocycles. The van der Waals surface area contributed by atoms with Crippen molar-refractivity contribution < 1.29 is 17.9 Å². The smallest absolute Gasteiger partial charge is 0.419 e. The van der Waals surface area contributed by atoms with Gasteiger partial charge in [-0.15, -0.1) is 0 Å². The molecule has 2 aromatic carbocycles. The predicted molar refractivity (Wildman–Crippen MR) is 126 cm³/mol. The lowest BCUT2D eigenvalue weighted by Crippen LogP contribution is -2.36. The first-order chi connectivity index (χ1) is 15.2. The van der Waals surface area contributed by atoms with Crippen LogP contribution in [0.2, 0.25) is 0 Å². The van der Waals surface area contributed by atoms with Gasteiger partial charge in [-0.25, -0.2) is 22.5 Å². The van der Waals surface area contributed by atoms with Crippen molar-refractivity contribution in [2.24, 2.45) is 0 Å². The van der Waals surface area contributed by atoms with Gasteiger partial charge in [-0.3, -0.25) is 0 Å². The lowest BCUT2D eigenvalue weighted by Gasteiger charge is -2.24. The van der Waals surface area contributed by atoms with Crippen molar-refractivity contribution in [1.29, 1.82) is 0 Å². The van der Waals surface area contributed by atoms with E-state index in [9.17, 15) is 13.2 Å². The second-order valence-electron chi connectivity index (χ2n) is 9.36. The van der Waals surface area contributed by atoms with Crippen LogP contribution in [0.25, 0.3) is 22.2 Å². The number of rotatable bonds is 4. The van der Waals surface area contributed by atoms with Crippen molar-refractivity contribution in [2.75, 3.05) is 0 Å². The van der Waals surface area contributed by atoms with Crippen LogP contribution in [-0.4, -0.2) is 30.7 Å². The Balaban J connectivity index is 1.84. The van der Waals surface area contributed by atoms with Crippen LogP contribution in [0.4, 0.5) is 4.79 Å². The molecule has 7 heteroatoms. The molecule has 0 saturated heterocycles. The van der Waals surface area contributed by atoms with E-state index < -0.39 is 21.7 Å². The van der Waals surface area contributed by atoms with E-state index in [1.807, 2.05) is 51.1 Å². The Bertz CT molecular complexity index is 1230. The number of hydrogen-bond donors (Lipinski definition) is 1. The Hall–Kier alpha value is -2.64. The molecule has 1 aromatic heterocycles. The summed E-state index contributed by atoms with van der Waals surface area (Å²) in [6, 6.07) is 16.1. The Kier molecular flexibility index (Phi) is 6.14. The van der Waals surface area contributed by atoms with Crippen LogP contribution in [0.5, 0.6) is 0 Å². The van der Waals surface area contributed by atoms with Crippen LogP contribution >= 0.6 is 0 Å². The largest absolute Gasteiger partial charge is 0.443 e. The average molecular weight is 455 g/mol. The molecule has 0 bridgehead atoms. The number of hydrogen-bond acceptors (Lipinski definition) is 4. The molecule has 0 spiro atoms. The van der Waals surface area contributed by atoms with Crippen molar-refractivity contribution >= 4 is 27.0 Å². The number of ether oxygens (including phenoxy) is 1. The molecule has 3 aromatic rings. The number of sulfonamides is 1. The van der Waals surface area contributed by atoms with Crippen LogP contribution in [0.3, 0.4) is 0 Å². The summed E-state index contributed by atoms with van der Waals surface area (Å²) in [5.41, 5.74) is 0.945. The third-order valence-electron chi connectivity index (χ3n) is 5.67. The van der Waals surface area contributed by atoms with Crippen LogP contribution in [0.1, 0.15) is 52.9 Å². The summed E-state index contributed by atoms with van der Waals surface area (Å²) < 4.78 is 36.8. The molecule has 4 rings (SSSR count).